The molecule has 156 valence electrons. The standard InChI is InChI=1S/C22H15Cl2FN4O2/c1-12-5-8-14(23)11-18(12)26-21(30)13-6-9-15(10-7-13)29-22(31)27-20(28-29)19-16(24)3-2-4-17(19)25/h2-11H,1H3,(H,26,30)(H,27,28,31). The lowest BCUT2D eigenvalue weighted by Crippen LogP contribution is -2.16. The molecular weight excluding hydrogens is 442 g/mol. The summed E-state index contributed by atoms with van der Waals surface area (Å²) in [6.07, 6.45) is 0. The molecule has 0 fully saturated rings. The zero-order chi connectivity index (χ0) is 22.1. The summed E-state index contributed by atoms with van der Waals surface area (Å²) in [4.78, 5) is 27.4. The third kappa shape index (κ3) is 4.23. The molecule has 0 radical (unpaired) electrons. The Morgan fingerprint density at radius 2 is 1.84 bits per heavy atom. The highest BCUT2D eigenvalue weighted by Crippen LogP contribution is 2.27. The van der Waals surface area contributed by atoms with E-state index in [0.29, 0.717) is 22.0 Å². The molecule has 0 aliphatic carbocycles. The average Bonchev–Trinajstić information content (AvgIpc) is 3.12. The molecule has 4 aromatic rings. The molecule has 3 aromatic carbocycles. The maximum absolute atomic E-state index is 14.1. The van der Waals surface area contributed by atoms with Gasteiger partial charge in [-0.15, -0.1) is 5.10 Å². The molecule has 0 aliphatic rings. The molecule has 0 spiro atoms. The van der Waals surface area contributed by atoms with Crippen LogP contribution in [0.5, 0.6) is 0 Å². The molecule has 1 aromatic heterocycles. The Bertz CT molecular complexity index is 1330. The number of nitrogens with one attached hydrogen (secondary N) is 2. The van der Waals surface area contributed by atoms with Gasteiger partial charge >= 0.3 is 5.69 Å². The van der Waals surface area contributed by atoms with Crippen LogP contribution in [0.3, 0.4) is 0 Å². The molecule has 0 atom stereocenters. The van der Waals surface area contributed by atoms with Crippen molar-refractivity contribution in [2.45, 2.75) is 6.92 Å². The van der Waals surface area contributed by atoms with Gasteiger partial charge in [0.1, 0.15) is 5.82 Å². The van der Waals surface area contributed by atoms with Gasteiger partial charge < -0.3 is 5.32 Å². The van der Waals surface area contributed by atoms with Gasteiger partial charge in [-0.05, 0) is 61.0 Å². The fourth-order valence-corrected chi connectivity index (χ4v) is 3.44. The summed E-state index contributed by atoms with van der Waals surface area (Å²) in [6, 6.07) is 15.7. The largest absolute Gasteiger partial charge is 0.348 e. The monoisotopic (exact) mass is 456 g/mol. The lowest BCUT2D eigenvalue weighted by Gasteiger charge is -2.09. The molecular formula is C22H15Cl2FN4O2. The van der Waals surface area contributed by atoms with E-state index in [1.165, 1.54) is 18.2 Å². The fourth-order valence-electron chi connectivity index (χ4n) is 3.01. The highest BCUT2D eigenvalue weighted by Gasteiger charge is 2.16. The highest BCUT2D eigenvalue weighted by molar-refractivity contribution is 6.33. The molecule has 0 aliphatic heterocycles. The van der Waals surface area contributed by atoms with Gasteiger partial charge in [-0.25, -0.2) is 9.18 Å². The van der Waals surface area contributed by atoms with Crippen molar-refractivity contribution >= 4 is 34.8 Å². The molecule has 0 saturated heterocycles. The van der Waals surface area contributed by atoms with Crippen LogP contribution in [0.2, 0.25) is 10.0 Å². The average molecular weight is 457 g/mol. The minimum absolute atomic E-state index is 0.00588. The number of carbonyl (C=O) groups is 1. The van der Waals surface area contributed by atoms with Gasteiger partial charge in [0.25, 0.3) is 5.91 Å². The van der Waals surface area contributed by atoms with Crippen molar-refractivity contribution in [2.75, 3.05) is 5.32 Å². The second kappa shape index (κ2) is 8.37. The third-order valence-corrected chi connectivity index (χ3v) is 5.19. The molecule has 0 saturated carbocycles. The maximum Gasteiger partial charge on any atom is 0.348 e. The first kappa shape index (κ1) is 20.8. The molecule has 0 bridgehead atoms. The Morgan fingerprint density at radius 3 is 2.55 bits per heavy atom. The Morgan fingerprint density at radius 1 is 1.10 bits per heavy atom. The van der Waals surface area contributed by atoms with Gasteiger partial charge in [0, 0.05) is 16.3 Å². The summed E-state index contributed by atoms with van der Waals surface area (Å²) >= 11 is 12.0. The maximum atomic E-state index is 14.1. The summed E-state index contributed by atoms with van der Waals surface area (Å²) in [6.45, 7) is 1.86. The molecule has 4 rings (SSSR count). The number of aromatic nitrogens is 3. The van der Waals surface area contributed by atoms with Crippen LogP contribution in [0.1, 0.15) is 15.9 Å². The number of H-pyrrole nitrogens is 1. The second-order valence-corrected chi connectivity index (χ2v) is 7.59. The first-order chi connectivity index (χ1) is 14.8. The number of anilines is 1. The lowest BCUT2D eigenvalue weighted by atomic mass is 10.1. The van der Waals surface area contributed by atoms with Crippen molar-refractivity contribution in [3.8, 4) is 17.1 Å². The second-order valence-electron chi connectivity index (χ2n) is 6.75. The van der Waals surface area contributed by atoms with Crippen molar-refractivity contribution in [1.29, 1.82) is 0 Å². The van der Waals surface area contributed by atoms with E-state index in [9.17, 15) is 14.0 Å². The predicted octanol–water partition coefficient (Wildman–Crippen LogP) is 5.23. The number of halogens is 3. The first-order valence-corrected chi connectivity index (χ1v) is 9.91. The van der Waals surface area contributed by atoms with Crippen molar-refractivity contribution < 1.29 is 9.18 Å². The van der Waals surface area contributed by atoms with Gasteiger partial charge in [0.2, 0.25) is 0 Å². The minimum atomic E-state index is -0.600. The van der Waals surface area contributed by atoms with Crippen LogP contribution in [0.4, 0.5) is 10.1 Å². The molecule has 9 heteroatoms. The first-order valence-electron chi connectivity index (χ1n) is 9.15. The molecule has 0 unspecified atom stereocenters. The smallest absolute Gasteiger partial charge is 0.322 e. The normalized spacial score (nSPS) is 10.8. The van der Waals surface area contributed by atoms with E-state index in [0.717, 1.165) is 10.2 Å². The number of aromatic amines is 1. The van der Waals surface area contributed by atoms with E-state index in [-0.39, 0.29) is 22.3 Å². The van der Waals surface area contributed by atoms with Crippen LogP contribution in [0.25, 0.3) is 17.1 Å². The Balaban J connectivity index is 1.60. The SMILES string of the molecule is Cc1ccc(Cl)cc1NC(=O)c1ccc(-n2nc(-c3c(F)cccc3Cl)[nH]c2=O)cc1. The van der Waals surface area contributed by atoms with Crippen LogP contribution < -0.4 is 11.0 Å². The number of hydrogen-bond donors (Lipinski definition) is 2. The Kier molecular flexibility index (Phi) is 5.63. The lowest BCUT2D eigenvalue weighted by molar-refractivity contribution is 0.102. The molecule has 2 N–H and O–H groups in total. The van der Waals surface area contributed by atoms with Gasteiger partial charge in [-0.2, -0.15) is 4.68 Å². The van der Waals surface area contributed by atoms with Crippen LogP contribution >= 0.6 is 23.2 Å². The van der Waals surface area contributed by atoms with Gasteiger partial charge in [0.15, 0.2) is 5.82 Å². The summed E-state index contributed by atoms with van der Waals surface area (Å²) in [7, 11) is 0. The zero-order valence-corrected chi connectivity index (χ0v) is 17.6. The summed E-state index contributed by atoms with van der Waals surface area (Å²) < 4.78 is 15.2. The number of carbonyl (C=O) groups excluding carboxylic acids is 1. The van der Waals surface area contributed by atoms with Crippen LogP contribution in [0, 0.1) is 12.7 Å². The van der Waals surface area contributed by atoms with E-state index in [4.69, 9.17) is 23.2 Å². The van der Waals surface area contributed by atoms with Crippen molar-refractivity contribution in [1.82, 2.24) is 14.8 Å². The molecule has 1 amide bonds. The molecule has 1 heterocycles. The molecule has 6 nitrogen and oxygen atoms in total. The van der Waals surface area contributed by atoms with Crippen molar-refractivity contribution in [3.63, 3.8) is 0 Å². The van der Waals surface area contributed by atoms with E-state index in [2.05, 4.69) is 15.4 Å². The Labute approximate surface area is 186 Å². The number of benzene rings is 3. The van der Waals surface area contributed by atoms with E-state index in [1.54, 1.807) is 36.4 Å². The van der Waals surface area contributed by atoms with Crippen LogP contribution in [0.15, 0.2) is 65.5 Å². The summed E-state index contributed by atoms with van der Waals surface area (Å²) in [5, 5.41) is 7.59. The number of aryl methyl sites for hydroxylation is 1. The Hall–Kier alpha value is -3.42. The number of amides is 1. The highest BCUT2D eigenvalue weighted by atomic mass is 35.5. The summed E-state index contributed by atoms with van der Waals surface area (Å²) in [5.41, 5.74) is 1.70. The van der Waals surface area contributed by atoms with E-state index < -0.39 is 11.5 Å². The van der Waals surface area contributed by atoms with E-state index >= 15 is 0 Å². The fraction of sp³-hybridized carbons (Fsp3) is 0.0455. The molecule has 31 heavy (non-hydrogen) atoms. The van der Waals surface area contributed by atoms with Gasteiger partial charge in [-0.3, -0.25) is 9.78 Å². The van der Waals surface area contributed by atoms with E-state index in [1.807, 2.05) is 13.0 Å². The van der Waals surface area contributed by atoms with Gasteiger partial charge in [0.05, 0.1) is 16.3 Å². The minimum Gasteiger partial charge on any atom is -0.322 e. The van der Waals surface area contributed by atoms with Crippen LogP contribution in [-0.2, 0) is 0 Å². The number of nitrogens with zero attached hydrogens (tertiary/aromatic N) is 2. The van der Waals surface area contributed by atoms with Crippen molar-refractivity contribution in [2.24, 2.45) is 0 Å². The topological polar surface area (TPSA) is 79.8 Å². The van der Waals surface area contributed by atoms with Crippen LogP contribution in [-0.4, -0.2) is 20.7 Å². The zero-order valence-electron chi connectivity index (χ0n) is 16.1. The quantitative estimate of drug-likeness (QED) is 0.440. The van der Waals surface area contributed by atoms with Crippen molar-refractivity contribution in [3.05, 3.63) is 98.1 Å². The predicted molar refractivity (Wildman–Crippen MR) is 119 cm³/mol. The third-order valence-electron chi connectivity index (χ3n) is 4.64. The van der Waals surface area contributed by atoms with Gasteiger partial charge in [-0.1, -0.05) is 35.3 Å². The number of hydrogen-bond acceptors (Lipinski definition) is 3. The summed E-state index contributed by atoms with van der Waals surface area (Å²) in [5.74, 6) is -0.923. The number of rotatable bonds is 4.